The third-order valence-corrected chi connectivity index (χ3v) is 2.39. The van der Waals surface area contributed by atoms with Gasteiger partial charge < -0.3 is 10.5 Å². The van der Waals surface area contributed by atoms with E-state index in [0.29, 0.717) is 23.4 Å². The summed E-state index contributed by atoms with van der Waals surface area (Å²) >= 11 is 0. The highest BCUT2D eigenvalue weighted by molar-refractivity contribution is 5.95. The minimum absolute atomic E-state index is 0.341. The fourth-order valence-corrected chi connectivity index (χ4v) is 1.59. The van der Waals surface area contributed by atoms with Gasteiger partial charge in [-0.1, -0.05) is 0 Å². The van der Waals surface area contributed by atoms with Crippen LogP contribution in [0.25, 0.3) is 17.1 Å². The van der Waals surface area contributed by atoms with E-state index < -0.39 is 5.97 Å². The quantitative estimate of drug-likeness (QED) is 0.505. The third-order valence-electron chi connectivity index (χ3n) is 2.39. The van der Waals surface area contributed by atoms with E-state index in [4.69, 9.17) is 10.5 Å². The lowest BCUT2D eigenvalue weighted by molar-refractivity contribution is -0.137. The van der Waals surface area contributed by atoms with Crippen LogP contribution < -0.4 is 5.73 Å². The summed E-state index contributed by atoms with van der Waals surface area (Å²) in [5.41, 5.74) is 8.49. The molecule has 1 aromatic carbocycles. The van der Waals surface area contributed by atoms with Crippen LogP contribution in [-0.2, 0) is 9.53 Å². The number of carbonyl (C=O) groups is 1. The maximum atomic E-state index is 11.3. The number of esters is 1. The van der Waals surface area contributed by atoms with Crippen molar-refractivity contribution in [2.45, 2.75) is 6.92 Å². The van der Waals surface area contributed by atoms with Gasteiger partial charge in [-0.3, -0.25) is 9.97 Å². The van der Waals surface area contributed by atoms with Crippen molar-refractivity contribution in [3.05, 3.63) is 36.2 Å². The van der Waals surface area contributed by atoms with Crippen molar-refractivity contribution in [2.75, 3.05) is 12.3 Å². The second-order valence-electron chi connectivity index (χ2n) is 3.58. The molecule has 5 heteroatoms. The molecule has 0 amide bonds. The molecular formula is C13H13N3O2. The first-order chi connectivity index (χ1) is 8.72. The number of anilines is 1. The number of nitrogens with two attached hydrogens (primary N) is 1. The second-order valence-corrected chi connectivity index (χ2v) is 3.58. The Kier molecular flexibility index (Phi) is 3.52. The number of nitrogens with zero attached hydrogens (tertiary/aromatic N) is 2. The predicted molar refractivity (Wildman–Crippen MR) is 69.6 cm³/mol. The van der Waals surface area contributed by atoms with Gasteiger partial charge in [0.05, 0.1) is 17.6 Å². The highest BCUT2D eigenvalue weighted by Gasteiger charge is 2.05. The molecule has 0 saturated heterocycles. The number of benzene rings is 1. The molecule has 92 valence electrons. The lowest BCUT2D eigenvalue weighted by Crippen LogP contribution is -1.99. The van der Waals surface area contributed by atoms with Crippen molar-refractivity contribution < 1.29 is 9.53 Å². The smallest absolute Gasteiger partial charge is 0.330 e. The standard InChI is InChI=1S/C13H13N3O2/c1-2-18-12(17)6-3-9-10(14)4-5-11-13(9)16-8-7-15-11/h3-8H,2,14H2,1H3. The monoisotopic (exact) mass is 243 g/mol. The Hall–Kier alpha value is -2.43. The van der Waals surface area contributed by atoms with E-state index in [9.17, 15) is 4.79 Å². The van der Waals surface area contributed by atoms with Crippen molar-refractivity contribution >= 4 is 28.8 Å². The highest BCUT2D eigenvalue weighted by Crippen LogP contribution is 2.22. The number of nitrogen functional groups attached to an aromatic ring is 1. The number of rotatable bonds is 3. The predicted octanol–water partition coefficient (Wildman–Crippen LogP) is 1.79. The summed E-state index contributed by atoms with van der Waals surface area (Å²) in [4.78, 5) is 19.7. The van der Waals surface area contributed by atoms with E-state index in [0.717, 1.165) is 5.52 Å². The number of carbonyl (C=O) groups excluding carboxylic acids is 1. The molecule has 1 heterocycles. The van der Waals surface area contributed by atoms with Crippen LogP contribution in [0.3, 0.4) is 0 Å². The van der Waals surface area contributed by atoms with E-state index in [2.05, 4.69) is 9.97 Å². The average molecular weight is 243 g/mol. The van der Waals surface area contributed by atoms with Gasteiger partial charge in [0.1, 0.15) is 0 Å². The molecule has 0 aliphatic heterocycles. The molecule has 2 N–H and O–H groups in total. The van der Waals surface area contributed by atoms with Gasteiger partial charge in [0.25, 0.3) is 0 Å². The van der Waals surface area contributed by atoms with Crippen molar-refractivity contribution in [3.8, 4) is 0 Å². The zero-order chi connectivity index (χ0) is 13.0. The molecule has 2 aromatic rings. The molecular weight excluding hydrogens is 230 g/mol. The van der Waals surface area contributed by atoms with Crippen LogP contribution in [0.1, 0.15) is 12.5 Å². The number of hydrogen-bond donors (Lipinski definition) is 1. The van der Waals surface area contributed by atoms with Crippen LogP contribution in [0, 0.1) is 0 Å². The Morgan fingerprint density at radius 1 is 1.39 bits per heavy atom. The Morgan fingerprint density at radius 2 is 2.17 bits per heavy atom. The van der Waals surface area contributed by atoms with Gasteiger partial charge in [-0.15, -0.1) is 0 Å². The fourth-order valence-electron chi connectivity index (χ4n) is 1.59. The first kappa shape index (κ1) is 12.0. The van der Waals surface area contributed by atoms with Gasteiger partial charge in [-0.05, 0) is 25.1 Å². The third kappa shape index (κ3) is 2.45. The van der Waals surface area contributed by atoms with Crippen LogP contribution in [0.4, 0.5) is 5.69 Å². The maximum absolute atomic E-state index is 11.3. The van der Waals surface area contributed by atoms with Crippen LogP contribution in [0.2, 0.25) is 0 Å². The van der Waals surface area contributed by atoms with Crippen molar-refractivity contribution in [1.82, 2.24) is 9.97 Å². The van der Waals surface area contributed by atoms with Gasteiger partial charge in [-0.2, -0.15) is 0 Å². The number of ether oxygens (including phenoxy) is 1. The van der Waals surface area contributed by atoms with Crippen LogP contribution in [0.15, 0.2) is 30.6 Å². The summed E-state index contributed by atoms with van der Waals surface area (Å²) in [6.45, 7) is 2.09. The first-order valence-electron chi connectivity index (χ1n) is 5.56. The van der Waals surface area contributed by atoms with E-state index in [1.165, 1.54) is 6.08 Å². The van der Waals surface area contributed by atoms with E-state index in [1.807, 2.05) is 0 Å². The topological polar surface area (TPSA) is 78.1 Å². The Morgan fingerprint density at radius 3 is 2.94 bits per heavy atom. The van der Waals surface area contributed by atoms with Crippen molar-refractivity contribution in [1.29, 1.82) is 0 Å². The fraction of sp³-hybridized carbons (Fsp3) is 0.154. The molecule has 0 bridgehead atoms. The maximum Gasteiger partial charge on any atom is 0.330 e. The molecule has 0 aliphatic carbocycles. The molecule has 18 heavy (non-hydrogen) atoms. The van der Waals surface area contributed by atoms with E-state index in [1.54, 1.807) is 37.5 Å². The lowest BCUT2D eigenvalue weighted by Gasteiger charge is -2.04. The molecule has 0 saturated carbocycles. The first-order valence-corrected chi connectivity index (χ1v) is 5.56. The Balaban J connectivity index is 2.43. The normalized spacial score (nSPS) is 10.9. The molecule has 0 fully saturated rings. The zero-order valence-corrected chi connectivity index (χ0v) is 9.96. The van der Waals surface area contributed by atoms with Crippen molar-refractivity contribution in [3.63, 3.8) is 0 Å². The SMILES string of the molecule is CCOC(=O)C=Cc1c(N)ccc2nccnc12. The molecule has 1 aromatic heterocycles. The summed E-state index contributed by atoms with van der Waals surface area (Å²) in [5.74, 6) is -0.405. The molecule has 0 radical (unpaired) electrons. The summed E-state index contributed by atoms with van der Waals surface area (Å²) in [7, 11) is 0. The second kappa shape index (κ2) is 5.27. The van der Waals surface area contributed by atoms with Gasteiger partial charge in [-0.25, -0.2) is 4.79 Å². The zero-order valence-electron chi connectivity index (χ0n) is 9.96. The van der Waals surface area contributed by atoms with Crippen LogP contribution >= 0.6 is 0 Å². The lowest BCUT2D eigenvalue weighted by atomic mass is 10.1. The van der Waals surface area contributed by atoms with Crippen molar-refractivity contribution in [2.24, 2.45) is 0 Å². The van der Waals surface area contributed by atoms with Crippen LogP contribution in [-0.4, -0.2) is 22.5 Å². The van der Waals surface area contributed by atoms with E-state index in [-0.39, 0.29) is 0 Å². The molecule has 5 nitrogen and oxygen atoms in total. The largest absolute Gasteiger partial charge is 0.463 e. The molecule has 0 aliphatic rings. The average Bonchev–Trinajstić information content (AvgIpc) is 2.38. The highest BCUT2D eigenvalue weighted by atomic mass is 16.5. The summed E-state index contributed by atoms with van der Waals surface area (Å²) in [6.07, 6.45) is 6.13. The number of hydrogen-bond acceptors (Lipinski definition) is 5. The van der Waals surface area contributed by atoms with Gasteiger partial charge in [0.15, 0.2) is 0 Å². The minimum atomic E-state index is -0.405. The van der Waals surface area contributed by atoms with Crippen LogP contribution in [0.5, 0.6) is 0 Å². The molecule has 0 spiro atoms. The summed E-state index contributed by atoms with van der Waals surface area (Å²) < 4.78 is 4.81. The van der Waals surface area contributed by atoms with Gasteiger partial charge >= 0.3 is 5.97 Å². The van der Waals surface area contributed by atoms with Gasteiger partial charge in [0, 0.05) is 29.7 Å². The summed E-state index contributed by atoms with van der Waals surface area (Å²) in [5, 5.41) is 0. The molecule has 2 rings (SSSR count). The molecule has 0 unspecified atom stereocenters. The minimum Gasteiger partial charge on any atom is -0.463 e. The number of aromatic nitrogens is 2. The Labute approximate surface area is 104 Å². The van der Waals surface area contributed by atoms with E-state index >= 15 is 0 Å². The van der Waals surface area contributed by atoms with Gasteiger partial charge in [0.2, 0.25) is 0 Å². The molecule has 0 atom stereocenters. The summed E-state index contributed by atoms with van der Waals surface area (Å²) in [6, 6.07) is 3.53. The Bertz CT molecular complexity index is 608. The number of fused-ring (bicyclic) bond motifs is 1.